The summed E-state index contributed by atoms with van der Waals surface area (Å²) in [5, 5.41) is 2.97. The summed E-state index contributed by atoms with van der Waals surface area (Å²) in [6, 6.07) is 6.02. The van der Waals surface area contributed by atoms with Crippen LogP contribution in [0.15, 0.2) is 24.3 Å². The average Bonchev–Trinajstić information content (AvgIpc) is 3.04. The van der Waals surface area contributed by atoms with E-state index in [1.165, 1.54) is 11.0 Å². The van der Waals surface area contributed by atoms with Crippen molar-refractivity contribution < 1.29 is 23.5 Å². The molecular weight excluding hydrogens is 353 g/mol. The van der Waals surface area contributed by atoms with Gasteiger partial charge in [-0.15, -0.1) is 0 Å². The van der Waals surface area contributed by atoms with E-state index in [9.17, 15) is 18.8 Å². The molecule has 3 amide bonds. The van der Waals surface area contributed by atoms with Crippen LogP contribution in [0.2, 0.25) is 0 Å². The molecule has 146 valence electrons. The SMILES string of the molecule is CCOC(=O)N1CCC(NC(=O)[C@@H]2CC(=O)N(c3ccccc3F)C2)CC1. The van der Waals surface area contributed by atoms with Crippen LogP contribution in [0.3, 0.4) is 0 Å². The first-order valence-corrected chi connectivity index (χ1v) is 9.26. The zero-order chi connectivity index (χ0) is 19.4. The number of nitrogens with zero attached hydrogens (tertiary/aromatic N) is 2. The Bertz CT molecular complexity index is 719. The number of nitrogens with one attached hydrogen (secondary N) is 1. The average molecular weight is 377 g/mol. The summed E-state index contributed by atoms with van der Waals surface area (Å²) in [4.78, 5) is 39.5. The first kappa shape index (κ1) is 19.1. The van der Waals surface area contributed by atoms with Crippen molar-refractivity contribution in [3.8, 4) is 0 Å². The number of rotatable bonds is 4. The van der Waals surface area contributed by atoms with Gasteiger partial charge in [0, 0.05) is 32.1 Å². The minimum Gasteiger partial charge on any atom is -0.450 e. The van der Waals surface area contributed by atoms with Crippen LogP contribution in [0, 0.1) is 11.7 Å². The second kappa shape index (κ2) is 8.37. The van der Waals surface area contributed by atoms with Crippen molar-refractivity contribution in [3.05, 3.63) is 30.1 Å². The van der Waals surface area contributed by atoms with Crippen molar-refractivity contribution >= 4 is 23.6 Å². The van der Waals surface area contributed by atoms with E-state index in [1.807, 2.05) is 0 Å². The fourth-order valence-corrected chi connectivity index (χ4v) is 3.53. The lowest BCUT2D eigenvalue weighted by Gasteiger charge is -2.32. The number of amides is 3. The van der Waals surface area contributed by atoms with Crippen LogP contribution >= 0.6 is 0 Å². The molecule has 0 bridgehead atoms. The van der Waals surface area contributed by atoms with Crippen LogP contribution in [-0.2, 0) is 14.3 Å². The van der Waals surface area contributed by atoms with Gasteiger partial charge in [-0.25, -0.2) is 9.18 Å². The number of piperidine rings is 1. The molecule has 7 nitrogen and oxygen atoms in total. The lowest BCUT2D eigenvalue weighted by molar-refractivity contribution is -0.127. The van der Waals surface area contributed by atoms with Crippen LogP contribution in [-0.4, -0.2) is 55.1 Å². The van der Waals surface area contributed by atoms with Crippen LogP contribution in [0.25, 0.3) is 0 Å². The van der Waals surface area contributed by atoms with Gasteiger partial charge in [0.1, 0.15) is 5.82 Å². The third kappa shape index (κ3) is 4.37. The quantitative estimate of drug-likeness (QED) is 0.869. The minimum atomic E-state index is -0.500. The molecule has 27 heavy (non-hydrogen) atoms. The van der Waals surface area contributed by atoms with Gasteiger partial charge in [0.15, 0.2) is 0 Å². The number of likely N-dealkylation sites (tertiary alicyclic amines) is 1. The first-order chi connectivity index (χ1) is 13.0. The molecule has 0 spiro atoms. The van der Waals surface area contributed by atoms with E-state index in [0.29, 0.717) is 32.5 Å². The van der Waals surface area contributed by atoms with E-state index < -0.39 is 11.7 Å². The summed E-state index contributed by atoms with van der Waals surface area (Å²) >= 11 is 0. The molecule has 0 aromatic heterocycles. The first-order valence-electron chi connectivity index (χ1n) is 9.26. The predicted molar refractivity (Wildman–Crippen MR) is 96.6 cm³/mol. The summed E-state index contributed by atoms with van der Waals surface area (Å²) in [5.74, 6) is -1.42. The number of anilines is 1. The highest BCUT2D eigenvalue weighted by Gasteiger charge is 2.37. The molecule has 3 rings (SSSR count). The van der Waals surface area contributed by atoms with E-state index in [2.05, 4.69) is 5.32 Å². The fraction of sp³-hybridized carbons (Fsp3) is 0.526. The van der Waals surface area contributed by atoms with Crippen LogP contribution in [0.5, 0.6) is 0 Å². The van der Waals surface area contributed by atoms with Gasteiger partial charge in [-0.3, -0.25) is 9.59 Å². The third-order valence-electron chi connectivity index (χ3n) is 5.01. The smallest absolute Gasteiger partial charge is 0.409 e. The molecule has 2 aliphatic rings. The maximum absolute atomic E-state index is 13.9. The van der Waals surface area contributed by atoms with Crippen molar-refractivity contribution in [1.82, 2.24) is 10.2 Å². The molecule has 2 saturated heterocycles. The highest BCUT2D eigenvalue weighted by molar-refractivity contribution is 6.00. The van der Waals surface area contributed by atoms with E-state index in [-0.39, 0.29) is 42.6 Å². The van der Waals surface area contributed by atoms with Gasteiger partial charge in [-0.2, -0.15) is 0 Å². The van der Waals surface area contributed by atoms with E-state index in [4.69, 9.17) is 4.74 Å². The Morgan fingerprint density at radius 1 is 1.26 bits per heavy atom. The number of para-hydroxylation sites is 1. The second-order valence-corrected chi connectivity index (χ2v) is 6.83. The summed E-state index contributed by atoms with van der Waals surface area (Å²) in [7, 11) is 0. The van der Waals surface area contributed by atoms with E-state index >= 15 is 0 Å². The number of benzene rings is 1. The zero-order valence-corrected chi connectivity index (χ0v) is 15.3. The molecule has 0 radical (unpaired) electrons. The molecule has 2 fully saturated rings. The largest absolute Gasteiger partial charge is 0.450 e. The predicted octanol–water partition coefficient (Wildman–Crippen LogP) is 1.92. The molecule has 1 aromatic carbocycles. The number of hydrogen-bond donors (Lipinski definition) is 1. The summed E-state index contributed by atoms with van der Waals surface area (Å²) in [6.45, 7) is 3.32. The van der Waals surface area contributed by atoms with Gasteiger partial charge in [0.25, 0.3) is 0 Å². The summed E-state index contributed by atoms with van der Waals surface area (Å²) in [6.07, 6.45) is 1.02. The highest BCUT2D eigenvalue weighted by Crippen LogP contribution is 2.27. The molecular formula is C19H24FN3O4. The molecule has 1 N–H and O–H groups in total. The standard InChI is InChI=1S/C19H24FN3O4/c1-2-27-19(26)22-9-7-14(8-10-22)21-18(25)13-11-17(24)23(12-13)16-6-4-3-5-15(16)20/h3-6,13-14H,2,7-12H2,1H3,(H,21,25)/t13-/m1/s1. The van der Waals surface area contributed by atoms with Crippen LogP contribution in [0.1, 0.15) is 26.2 Å². The van der Waals surface area contributed by atoms with Crippen molar-refractivity contribution in [2.75, 3.05) is 31.1 Å². The highest BCUT2D eigenvalue weighted by atomic mass is 19.1. The van der Waals surface area contributed by atoms with Crippen LogP contribution in [0.4, 0.5) is 14.9 Å². The zero-order valence-electron chi connectivity index (χ0n) is 15.3. The summed E-state index contributed by atoms with van der Waals surface area (Å²) < 4.78 is 18.9. The Morgan fingerprint density at radius 2 is 1.96 bits per heavy atom. The lowest BCUT2D eigenvalue weighted by atomic mass is 10.0. The fourth-order valence-electron chi connectivity index (χ4n) is 3.53. The monoisotopic (exact) mass is 377 g/mol. The van der Waals surface area contributed by atoms with Crippen LogP contribution < -0.4 is 10.2 Å². The van der Waals surface area contributed by atoms with Crippen molar-refractivity contribution in [2.24, 2.45) is 5.92 Å². The lowest BCUT2D eigenvalue weighted by Crippen LogP contribution is -2.48. The normalized spacial score (nSPS) is 20.7. The Kier molecular flexibility index (Phi) is 5.93. The van der Waals surface area contributed by atoms with Gasteiger partial charge in [0.05, 0.1) is 18.2 Å². The van der Waals surface area contributed by atoms with Crippen molar-refractivity contribution in [2.45, 2.75) is 32.2 Å². The number of hydrogen-bond acceptors (Lipinski definition) is 4. The Morgan fingerprint density at radius 3 is 2.63 bits per heavy atom. The second-order valence-electron chi connectivity index (χ2n) is 6.83. The number of ether oxygens (including phenoxy) is 1. The number of carbonyl (C=O) groups is 3. The van der Waals surface area contributed by atoms with Gasteiger partial charge in [0.2, 0.25) is 11.8 Å². The van der Waals surface area contributed by atoms with Crippen molar-refractivity contribution in [1.29, 1.82) is 0 Å². The number of halogens is 1. The molecule has 0 saturated carbocycles. The summed E-state index contributed by atoms with van der Waals surface area (Å²) in [5.41, 5.74) is 0.209. The number of carbonyl (C=O) groups excluding carboxylic acids is 3. The third-order valence-corrected chi connectivity index (χ3v) is 5.01. The minimum absolute atomic E-state index is 0.0409. The molecule has 0 aliphatic carbocycles. The maximum Gasteiger partial charge on any atom is 0.409 e. The Balaban J connectivity index is 1.52. The maximum atomic E-state index is 13.9. The van der Waals surface area contributed by atoms with E-state index in [0.717, 1.165) is 0 Å². The Hall–Kier alpha value is -2.64. The van der Waals surface area contributed by atoms with Crippen molar-refractivity contribution in [3.63, 3.8) is 0 Å². The molecule has 8 heteroatoms. The molecule has 2 heterocycles. The van der Waals surface area contributed by atoms with Gasteiger partial charge >= 0.3 is 6.09 Å². The Labute approximate surface area is 157 Å². The molecule has 0 unspecified atom stereocenters. The molecule has 1 atom stereocenters. The van der Waals surface area contributed by atoms with Gasteiger partial charge in [-0.05, 0) is 31.9 Å². The topological polar surface area (TPSA) is 79.0 Å². The van der Waals surface area contributed by atoms with Gasteiger partial charge in [-0.1, -0.05) is 12.1 Å². The molecule has 2 aliphatic heterocycles. The molecule has 1 aromatic rings. The van der Waals surface area contributed by atoms with E-state index in [1.54, 1.807) is 30.0 Å². The van der Waals surface area contributed by atoms with Gasteiger partial charge < -0.3 is 19.9 Å².